The van der Waals surface area contributed by atoms with Crippen LogP contribution in [0.25, 0.3) is 5.69 Å². The van der Waals surface area contributed by atoms with Crippen LogP contribution in [-0.4, -0.2) is 26.1 Å². The van der Waals surface area contributed by atoms with Gasteiger partial charge in [-0.3, -0.25) is 4.79 Å². The molecule has 0 aliphatic heterocycles. The third-order valence-corrected chi connectivity index (χ3v) is 3.70. The SMILES string of the molecule is O=C(O)C1(c2cccc(-n3ccnn3)c2)CCC1. The van der Waals surface area contributed by atoms with E-state index in [2.05, 4.69) is 10.3 Å². The standard InChI is InChI=1S/C13H13N3O2/c17-12(18)13(5-2-6-13)10-3-1-4-11(9-10)16-8-7-14-15-16/h1,3-4,7-9H,2,5-6H2,(H,17,18). The highest BCUT2D eigenvalue weighted by Crippen LogP contribution is 2.44. The van der Waals surface area contributed by atoms with Gasteiger partial charge in [-0.25, -0.2) is 4.68 Å². The number of carboxylic acids is 1. The predicted octanol–water partition coefficient (Wildman–Crippen LogP) is 1.77. The van der Waals surface area contributed by atoms with Crippen LogP contribution in [0.4, 0.5) is 0 Å². The molecule has 0 bridgehead atoms. The molecule has 0 amide bonds. The fourth-order valence-electron chi connectivity index (χ4n) is 2.45. The summed E-state index contributed by atoms with van der Waals surface area (Å²) in [6, 6.07) is 7.54. The van der Waals surface area contributed by atoms with E-state index in [1.54, 1.807) is 17.1 Å². The fourth-order valence-corrected chi connectivity index (χ4v) is 2.45. The Morgan fingerprint density at radius 2 is 2.22 bits per heavy atom. The van der Waals surface area contributed by atoms with Crippen LogP contribution in [0, 0.1) is 0 Å². The van der Waals surface area contributed by atoms with Crippen molar-refractivity contribution in [3.8, 4) is 5.69 Å². The van der Waals surface area contributed by atoms with Crippen molar-refractivity contribution >= 4 is 5.97 Å². The molecule has 92 valence electrons. The number of hydrogen-bond acceptors (Lipinski definition) is 3. The van der Waals surface area contributed by atoms with Gasteiger partial charge in [-0.15, -0.1) is 5.10 Å². The molecule has 0 spiro atoms. The van der Waals surface area contributed by atoms with E-state index in [4.69, 9.17) is 0 Å². The number of aromatic nitrogens is 3. The van der Waals surface area contributed by atoms with Crippen molar-refractivity contribution in [1.82, 2.24) is 15.0 Å². The van der Waals surface area contributed by atoms with Crippen molar-refractivity contribution in [2.75, 3.05) is 0 Å². The fraction of sp³-hybridized carbons (Fsp3) is 0.308. The number of nitrogens with zero attached hydrogens (tertiary/aromatic N) is 3. The van der Waals surface area contributed by atoms with Gasteiger partial charge in [0.15, 0.2) is 0 Å². The van der Waals surface area contributed by atoms with Crippen LogP contribution < -0.4 is 0 Å². The average Bonchev–Trinajstić information content (AvgIpc) is 2.80. The number of aliphatic carboxylic acids is 1. The lowest BCUT2D eigenvalue weighted by molar-refractivity contribution is -0.147. The number of carboxylic acid groups (broad SMARTS) is 1. The zero-order valence-corrected chi connectivity index (χ0v) is 9.78. The van der Waals surface area contributed by atoms with Gasteiger partial charge in [-0.2, -0.15) is 0 Å². The van der Waals surface area contributed by atoms with Gasteiger partial charge in [-0.1, -0.05) is 23.8 Å². The molecule has 5 nitrogen and oxygen atoms in total. The molecule has 1 heterocycles. The average molecular weight is 243 g/mol. The highest BCUT2D eigenvalue weighted by atomic mass is 16.4. The highest BCUT2D eigenvalue weighted by Gasteiger charge is 2.45. The minimum absolute atomic E-state index is 0.698. The smallest absolute Gasteiger partial charge is 0.314 e. The molecule has 18 heavy (non-hydrogen) atoms. The normalized spacial score (nSPS) is 17.1. The van der Waals surface area contributed by atoms with E-state index in [0.717, 1.165) is 17.7 Å². The summed E-state index contributed by atoms with van der Waals surface area (Å²) in [7, 11) is 0. The van der Waals surface area contributed by atoms with Gasteiger partial charge in [0, 0.05) is 0 Å². The summed E-state index contributed by atoms with van der Waals surface area (Å²) < 4.78 is 1.64. The molecule has 0 atom stereocenters. The van der Waals surface area contributed by atoms with Gasteiger partial charge < -0.3 is 5.11 Å². The van der Waals surface area contributed by atoms with E-state index >= 15 is 0 Å². The zero-order valence-electron chi connectivity index (χ0n) is 9.78. The molecule has 0 unspecified atom stereocenters. The molecule has 1 N–H and O–H groups in total. The molecule has 5 heteroatoms. The van der Waals surface area contributed by atoms with Gasteiger partial charge in [-0.05, 0) is 30.5 Å². The summed E-state index contributed by atoms with van der Waals surface area (Å²) in [5, 5.41) is 17.1. The Kier molecular flexibility index (Phi) is 2.40. The molecule has 1 aliphatic rings. The van der Waals surface area contributed by atoms with Crippen LogP contribution >= 0.6 is 0 Å². The first kappa shape index (κ1) is 11.0. The molecular weight excluding hydrogens is 230 g/mol. The summed E-state index contributed by atoms with van der Waals surface area (Å²) in [4.78, 5) is 11.5. The van der Waals surface area contributed by atoms with Gasteiger partial charge in [0.1, 0.15) is 0 Å². The third-order valence-electron chi connectivity index (χ3n) is 3.70. The Morgan fingerprint density at radius 3 is 2.78 bits per heavy atom. The highest BCUT2D eigenvalue weighted by molar-refractivity contribution is 5.82. The van der Waals surface area contributed by atoms with Crippen molar-refractivity contribution in [2.45, 2.75) is 24.7 Å². The first-order valence-corrected chi connectivity index (χ1v) is 5.93. The maximum Gasteiger partial charge on any atom is 0.314 e. The van der Waals surface area contributed by atoms with Crippen LogP contribution in [0.3, 0.4) is 0 Å². The summed E-state index contributed by atoms with van der Waals surface area (Å²) >= 11 is 0. The first-order valence-electron chi connectivity index (χ1n) is 5.93. The predicted molar refractivity (Wildman–Crippen MR) is 64.5 cm³/mol. The molecular formula is C13H13N3O2. The van der Waals surface area contributed by atoms with E-state index in [1.807, 2.05) is 24.3 Å². The van der Waals surface area contributed by atoms with Crippen molar-refractivity contribution in [2.24, 2.45) is 0 Å². The van der Waals surface area contributed by atoms with E-state index in [9.17, 15) is 9.90 Å². The third kappa shape index (κ3) is 1.51. The second-order valence-corrected chi connectivity index (χ2v) is 4.64. The van der Waals surface area contributed by atoms with E-state index in [-0.39, 0.29) is 0 Å². The zero-order chi connectivity index (χ0) is 12.6. The molecule has 0 saturated heterocycles. The van der Waals surface area contributed by atoms with Crippen molar-refractivity contribution in [1.29, 1.82) is 0 Å². The van der Waals surface area contributed by atoms with E-state index < -0.39 is 11.4 Å². The topological polar surface area (TPSA) is 68.0 Å². The van der Waals surface area contributed by atoms with Gasteiger partial charge >= 0.3 is 5.97 Å². The first-order chi connectivity index (χ1) is 8.72. The minimum atomic E-state index is -0.732. The largest absolute Gasteiger partial charge is 0.481 e. The van der Waals surface area contributed by atoms with Crippen molar-refractivity contribution < 1.29 is 9.90 Å². The molecule has 1 aromatic heterocycles. The van der Waals surface area contributed by atoms with Crippen LogP contribution in [0.15, 0.2) is 36.7 Å². The lowest BCUT2D eigenvalue weighted by atomic mass is 9.64. The van der Waals surface area contributed by atoms with Crippen LogP contribution in [-0.2, 0) is 10.2 Å². The van der Waals surface area contributed by atoms with Crippen molar-refractivity contribution in [3.05, 3.63) is 42.2 Å². The minimum Gasteiger partial charge on any atom is -0.481 e. The molecule has 1 saturated carbocycles. The molecule has 1 aromatic carbocycles. The summed E-state index contributed by atoms with van der Waals surface area (Å²) in [5.41, 5.74) is 1.00. The second-order valence-electron chi connectivity index (χ2n) is 4.64. The van der Waals surface area contributed by atoms with Gasteiger partial charge in [0.25, 0.3) is 0 Å². The number of carbonyl (C=O) groups is 1. The second kappa shape index (κ2) is 3.94. The van der Waals surface area contributed by atoms with E-state index in [0.29, 0.717) is 12.8 Å². The monoisotopic (exact) mass is 243 g/mol. The number of benzene rings is 1. The van der Waals surface area contributed by atoms with Crippen LogP contribution in [0.2, 0.25) is 0 Å². The summed E-state index contributed by atoms with van der Waals surface area (Å²) in [6.07, 6.45) is 5.74. The van der Waals surface area contributed by atoms with Crippen molar-refractivity contribution in [3.63, 3.8) is 0 Å². The Balaban J connectivity index is 2.04. The Hall–Kier alpha value is -2.17. The molecule has 1 fully saturated rings. The maximum absolute atomic E-state index is 11.5. The lowest BCUT2D eigenvalue weighted by Gasteiger charge is -2.38. The molecule has 0 radical (unpaired) electrons. The number of hydrogen-bond donors (Lipinski definition) is 1. The number of rotatable bonds is 3. The Morgan fingerprint density at radius 1 is 1.39 bits per heavy atom. The summed E-state index contributed by atoms with van der Waals surface area (Å²) in [6.45, 7) is 0. The summed E-state index contributed by atoms with van der Waals surface area (Å²) in [5.74, 6) is -0.732. The van der Waals surface area contributed by atoms with Gasteiger partial charge in [0.2, 0.25) is 0 Å². The molecule has 3 rings (SSSR count). The molecule has 1 aliphatic carbocycles. The molecule has 2 aromatic rings. The van der Waals surface area contributed by atoms with Crippen LogP contribution in [0.5, 0.6) is 0 Å². The van der Waals surface area contributed by atoms with E-state index in [1.165, 1.54) is 0 Å². The quantitative estimate of drug-likeness (QED) is 0.892. The Labute approximate surface area is 104 Å². The lowest BCUT2D eigenvalue weighted by Crippen LogP contribution is -2.42. The van der Waals surface area contributed by atoms with Crippen LogP contribution in [0.1, 0.15) is 24.8 Å². The maximum atomic E-state index is 11.5. The Bertz CT molecular complexity index is 574. The van der Waals surface area contributed by atoms with Gasteiger partial charge in [0.05, 0.1) is 23.5 Å².